The van der Waals surface area contributed by atoms with E-state index in [4.69, 9.17) is 16.3 Å². The lowest BCUT2D eigenvalue weighted by atomic mass is 10.1. The number of nitrogens with zero attached hydrogens (tertiary/aromatic N) is 1. The molecule has 0 radical (unpaired) electrons. The van der Waals surface area contributed by atoms with Crippen LogP contribution < -0.4 is 5.32 Å². The monoisotopic (exact) mass is 332 g/mol. The second-order valence-corrected chi connectivity index (χ2v) is 6.99. The Morgan fingerprint density at radius 3 is 3.14 bits per heavy atom. The van der Waals surface area contributed by atoms with E-state index in [1.54, 1.807) is 11.8 Å². The highest BCUT2D eigenvalue weighted by molar-refractivity contribution is 7.16. The number of aliphatic hydroxyl groups excluding tert-OH is 1. The summed E-state index contributed by atoms with van der Waals surface area (Å²) in [5, 5.41) is 12.4. The number of halogens is 1. The van der Waals surface area contributed by atoms with Gasteiger partial charge in [-0.1, -0.05) is 11.6 Å². The molecular formula is C14H21ClN2O3S. The molecule has 118 valence electrons. The molecule has 1 aliphatic rings. The van der Waals surface area contributed by atoms with Gasteiger partial charge in [0.25, 0.3) is 0 Å². The summed E-state index contributed by atoms with van der Waals surface area (Å²) in [7, 11) is 0. The zero-order chi connectivity index (χ0) is 15.2. The van der Waals surface area contributed by atoms with Gasteiger partial charge in [0, 0.05) is 18.0 Å². The number of nitrogens with one attached hydrogen (secondary N) is 1. The number of urea groups is 1. The maximum absolute atomic E-state index is 12.2. The van der Waals surface area contributed by atoms with E-state index in [1.165, 1.54) is 11.3 Å². The third kappa shape index (κ3) is 5.14. The number of aliphatic hydroxyl groups is 1. The SMILES string of the molecule is C[C@@H](O)C[C@@H]1COCCN1C(=O)NCCc1ccc(Cl)s1. The predicted molar refractivity (Wildman–Crippen MR) is 84.0 cm³/mol. The minimum Gasteiger partial charge on any atom is -0.393 e. The van der Waals surface area contributed by atoms with E-state index in [1.807, 2.05) is 12.1 Å². The molecule has 0 aromatic carbocycles. The molecule has 2 atom stereocenters. The van der Waals surface area contributed by atoms with Gasteiger partial charge in [0.1, 0.15) is 0 Å². The summed E-state index contributed by atoms with van der Waals surface area (Å²) < 4.78 is 6.16. The van der Waals surface area contributed by atoms with E-state index < -0.39 is 6.10 Å². The zero-order valence-corrected chi connectivity index (χ0v) is 13.6. The highest BCUT2D eigenvalue weighted by Crippen LogP contribution is 2.21. The number of ether oxygens (including phenoxy) is 1. The Kier molecular flexibility index (Phi) is 6.29. The Labute approximate surface area is 133 Å². The summed E-state index contributed by atoms with van der Waals surface area (Å²) in [5.74, 6) is 0. The molecule has 1 fully saturated rings. The maximum atomic E-state index is 12.2. The van der Waals surface area contributed by atoms with Crippen LogP contribution in [0.15, 0.2) is 12.1 Å². The van der Waals surface area contributed by atoms with Gasteiger partial charge in [0.05, 0.1) is 29.7 Å². The maximum Gasteiger partial charge on any atom is 0.317 e. The number of rotatable bonds is 5. The summed E-state index contributed by atoms with van der Waals surface area (Å²) in [6.45, 7) is 3.90. The molecule has 0 bridgehead atoms. The number of thiophene rings is 1. The summed E-state index contributed by atoms with van der Waals surface area (Å²) in [4.78, 5) is 15.2. The van der Waals surface area contributed by atoms with Crippen molar-refractivity contribution in [2.24, 2.45) is 0 Å². The third-order valence-electron chi connectivity index (χ3n) is 3.38. The Morgan fingerprint density at radius 2 is 2.48 bits per heavy atom. The smallest absolute Gasteiger partial charge is 0.317 e. The van der Waals surface area contributed by atoms with Crippen molar-refractivity contribution in [3.8, 4) is 0 Å². The average Bonchev–Trinajstić information content (AvgIpc) is 2.84. The first kappa shape index (κ1) is 16.5. The Balaban J connectivity index is 1.80. The van der Waals surface area contributed by atoms with Crippen LogP contribution >= 0.6 is 22.9 Å². The van der Waals surface area contributed by atoms with Crippen molar-refractivity contribution < 1.29 is 14.6 Å². The molecule has 0 spiro atoms. The van der Waals surface area contributed by atoms with Gasteiger partial charge in [-0.05, 0) is 31.9 Å². The van der Waals surface area contributed by atoms with Crippen molar-refractivity contribution >= 4 is 29.0 Å². The van der Waals surface area contributed by atoms with Crippen molar-refractivity contribution in [3.05, 3.63) is 21.3 Å². The van der Waals surface area contributed by atoms with Crippen LogP contribution in [-0.2, 0) is 11.2 Å². The minimum atomic E-state index is -0.444. The largest absolute Gasteiger partial charge is 0.393 e. The predicted octanol–water partition coefficient (Wildman–Crippen LogP) is 2.13. The fraction of sp³-hybridized carbons (Fsp3) is 0.643. The van der Waals surface area contributed by atoms with Crippen LogP contribution in [0, 0.1) is 0 Å². The minimum absolute atomic E-state index is 0.0602. The first-order valence-electron chi connectivity index (χ1n) is 7.10. The summed E-state index contributed by atoms with van der Waals surface area (Å²) >= 11 is 7.41. The molecular weight excluding hydrogens is 312 g/mol. The van der Waals surface area contributed by atoms with Gasteiger partial charge >= 0.3 is 6.03 Å². The van der Waals surface area contributed by atoms with Crippen LogP contribution in [0.25, 0.3) is 0 Å². The van der Waals surface area contributed by atoms with E-state index in [2.05, 4.69) is 5.32 Å². The number of carbonyl (C=O) groups is 1. The highest BCUT2D eigenvalue weighted by atomic mass is 35.5. The Bertz CT molecular complexity index is 467. The molecule has 2 amide bonds. The molecule has 0 aliphatic carbocycles. The van der Waals surface area contributed by atoms with E-state index in [9.17, 15) is 9.90 Å². The number of morpholine rings is 1. The molecule has 2 heterocycles. The molecule has 1 aromatic heterocycles. The third-order valence-corrected chi connectivity index (χ3v) is 4.67. The van der Waals surface area contributed by atoms with Gasteiger partial charge in [0.15, 0.2) is 0 Å². The molecule has 0 saturated carbocycles. The quantitative estimate of drug-likeness (QED) is 0.868. The van der Waals surface area contributed by atoms with Crippen molar-refractivity contribution in [2.75, 3.05) is 26.3 Å². The van der Waals surface area contributed by atoms with Crippen LogP contribution in [0.4, 0.5) is 4.79 Å². The number of hydrogen-bond acceptors (Lipinski definition) is 4. The fourth-order valence-corrected chi connectivity index (χ4v) is 3.48. The molecule has 7 heteroatoms. The number of amides is 2. The van der Waals surface area contributed by atoms with E-state index >= 15 is 0 Å². The lowest BCUT2D eigenvalue weighted by molar-refractivity contribution is -0.00425. The van der Waals surface area contributed by atoms with E-state index in [0.717, 1.165) is 15.6 Å². The molecule has 1 aromatic rings. The van der Waals surface area contributed by atoms with Crippen LogP contribution in [0.1, 0.15) is 18.2 Å². The van der Waals surface area contributed by atoms with Crippen molar-refractivity contribution in [3.63, 3.8) is 0 Å². The van der Waals surface area contributed by atoms with Gasteiger partial charge in [-0.2, -0.15) is 0 Å². The summed E-state index contributed by atoms with van der Waals surface area (Å²) in [6.07, 6.45) is 0.864. The Hall–Kier alpha value is -0.820. The molecule has 1 saturated heterocycles. The summed E-state index contributed by atoms with van der Waals surface area (Å²) in [6, 6.07) is 3.69. The average molecular weight is 333 g/mol. The number of hydrogen-bond donors (Lipinski definition) is 2. The first-order chi connectivity index (χ1) is 10.1. The van der Waals surface area contributed by atoms with Crippen LogP contribution in [0.2, 0.25) is 4.34 Å². The lowest BCUT2D eigenvalue weighted by Gasteiger charge is -2.36. The Morgan fingerprint density at radius 1 is 1.67 bits per heavy atom. The van der Waals surface area contributed by atoms with Crippen molar-refractivity contribution in [1.82, 2.24) is 10.2 Å². The molecule has 5 nitrogen and oxygen atoms in total. The lowest BCUT2D eigenvalue weighted by Crippen LogP contribution is -2.53. The second-order valence-electron chi connectivity index (χ2n) is 5.19. The normalized spacial score (nSPS) is 20.3. The van der Waals surface area contributed by atoms with Gasteiger partial charge < -0.3 is 20.1 Å². The van der Waals surface area contributed by atoms with Gasteiger partial charge in [0.2, 0.25) is 0 Å². The highest BCUT2D eigenvalue weighted by Gasteiger charge is 2.27. The number of carbonyl (C=O) groups excluding carboxylic acids is 1. The van der Waals surface area contributed by atoms with Gasteiger partial charge in [-0.3, -0.25) is 0 Å². The first-order valence-corrected chi connectivity index (χ1v) is 8.30. The molecule has 1 aliphatic heterocycles. The molecule has 2 rings (SSSR count). The van der Waals surface area contributed by atoms with Crippen molar-refractivity contribution in [1.29, 1.82) is 0 Å². The van der Waals surface area contributed by atoms with Gasteiger partial charge in [-0.15, -0.1) is 11.3 Å². The second kappa shape index (κ2) is 7.98. The molecule has 2 N–H and O–H groups in total. The van der Waals surface area contributed by atoms with E-state index in [0.29, 0.717) is 32.7 Å². The summed E-state index contributed by atoms with van der Waals surface area (Å²) in [5.41, 5.74) is 0. The fourth-order valence-electron chi connectivity index (χ4n) is 2.39. The zero-order valence-electron chi connectivity index (χ0n) is 12.0. The topological polar surface area (TPSA) is 61.8 Å². The van der Waals surface area contributed by atoms with E-state index in [-0.39, 0.29) is 12.1 Å². The molecule has 0 unspecified atom stereocenters. The van der Waals surface area contributed by atoms with Crippen LogP contribution in [0.5, 0.6) is 0 Å². The van der Waals surface area contributed by atoms with Crippen LogP contribution in [-0.4, -0.2) is 54.5 Å². The van der Waals surface area contributed by atoms with Crippen molar-refractivity contribution in [2.45, 2.75) is 31.9 Å². The van der Waals surface area contributed by atoms with Crippen LogP contribution in [0.3, 0.4) is 0 Å². The van der Waals surface area contributed by atoms with Gasteiger partial charge in [-0.25, -0.2) is 4.79 Å². The standard InChI is InChI=1S/C14H21ClN2O3S/c1-10(18)8-11-9-20-7-6-17(11)14(19)16-5-4-12-2-3-13(15)21-12/h2-3,10-11,18H,4-9H2,1H3,(H,16,19)/t10-,11-/m1/s1. The molecule has 21 heavy (non-hydrogen) atoms.